The van der Waals surface area contributed by atoms with E-state index >= 15 is 0 Å². The predicted octanol–water partition coefficient (Wildman–Crippen LogP) is 1.44. The molecule has 6 nitrogen and oxygen atoms in total. The second-order valence-electron chi connectivity index (χ2n) is 5.02. The van der Waals surface area contributed by atoms with E-state index in [2.05, 4.69) is 20.4 Å². The van der Waals surface area contributed by atoms with Crippen LogP contribution in [-0.2, 0) is 9.47 Å². The van der Waals surface area contributed by atoms with Gasteiger partial charge in [-0.2, -0.15) is 0 Å². The third-order valence-corrected chi connectivity index (χ3v) is 3.44. The molecule has 0 saturated carbocycles. The number of methoxy groups -OCH3 is 1. The molecule has 0 atom stereocenters. The van der Waals surface area contributed by atoms with Crippen LogP contribution in [0.4, 0.5) is 5.69 Å². The highest BCUT2D eigenvalue weighted by Gasteiger charge is 2.12. The first-order valence-corrected chi connectivity index (χ1v) is 7.40. The summed E-state index contributed by atoms with van der Waals surface area (Å²) in [6.07, 6.45) is 5.12. The van der Waals surface area contributed by atoms with E-state index in [1.807, 2.05) is 6.07 Å². The SMILES string of the molecule is COC(=O)c1cc(NCCCOC2CCNCC2)ccn1. The lowest BCUT2D eigenvalue weighted by atomic mass is 10.1. The van der Waals surface area contributed by atoms with Crippen molar-refractivity contribution in [1.29, 1.82) is 0 Å². The van der Waals surface area contributed by atoms with Gasteiger partial charge >= 0.3 is 5.97 Å². The molecule has 1 aromatic heterocycles. The van der Waals surface area contributed by atoms with Gasteiger partial charge in [-0.15, -0.1) is 0 Å². The molecule has 0 spiro atoms. The van der Waals surface area contributed by atoms with E-state index in [9.17, 15) is 4.79 Å². The highest BCUT2D eigenvalue weighted by atomic mass is 16.5. The van der Waals surface area contributed by atoms with Crippen molar-refractivity contribution in [3.8, 4) is 0 Å². The van der Waals surface area contributed by atoms with Crippen molar-refractivity contribution in [2.24, 2.45) is 0 Å². The molecule has 1 fully saturated rings. The van der Waals surface area contributed by atoms with Crippen LogP contribution in [0, 0.1) is 0 Å². The summed E-state index contributed by atoms with van der Waals surface area (Å²) in [6, 6.07) is 3.53. The summed E-state index contributed by atoms with van der Waals surface area (Å²) in [5.41, 5.74) is 1.18. The molecule has 0 aromatic carbocycles. The highest BCUT2D eigenvalue weighted by molar-refractivity contribution is 5.88. The predicted molar refractivity (Wildman–Crippen MR) is 80.5 cm³/mol. The largest absolute Gasteiger partial charge is 0.464 e. The fourth-order valence-electron chi connectivity index (χ4n) is 2.27. The summed E-state index contributed by atoms with van der Waals surface area (Å²) in [7, 11) is 1.35. The number of nitrogens with zero attached hydrogens (tertiary/aromatic N) is 1. The average Bonchev–Trinajstić information content (AvgIpc) is 2.55. The van der Waals surface area contributed by atoms with Crippen molar-refractivity contribution in [3.05, 3.63) is 24.0 Å². The fraction of sp³-hybridized carbons (Fsp3) is 0.600. The summed E-state index contributed by atoms with van der Waals surface area (Å²) in [5.74, 6) is -0.423. The Morgan fingerprint density at radius 3 is 3.05 bits per heavy atom. The van der Waals surface area contributed by atoms with Gasteiger partial charge in [0.15, 0.2) is 0 Å². The molecule has 116 valence electrons. The molecular weight excluding hydrogens is 270 g/mol. The van der Waals surface area contributed by atoms with Gasteiger partial charge in [0.1, 0.15) is 5.69 Å². The van der Waals surface area contributed by atoms with Crippen LogP contribution in [0.1, 0.15) is 29.8 Å². The van der Waals surface area contributed by atoms with E-state index < -0.39 is 5.97 Å². The zero-order valence-corrected chi connectivity index (χ0v) is 12.4. The van der Waals surface area contributed by atoms with Gasteiger partial charge in [0, 0.05) is 25.0 Å². The molecule has 2 rings (SSSR count). The molecule has 0 radical (unpaired) electrons. The zero-order chi connectivity index (χ0) is 14.9. The highest BCUT2D eigenvalue weighted by Crippen LogP contribution is 2.10. The maximum Gasteiger partial charge on any atom is 0.356 e. The summed E-state index contributed by atoms with van der Waals surface area (Å²) in [6.45, 7) is 3.66. The van der Waals surface area contributed by atoms with E-state index in [0.29, 0.717) is 11.8 Å². The number of piperidine rings is 1. The van der Waals surface area contributed by atoms with Crippen molar-refractivity contribution in [2.45, 2.75) is 25.4 Å². The normalized spacial score (nSPS) is 15.7. The number of rotatable bonds is 7. The first-order valence-electron chi connectivity index (χ1n) is 7.40. The van der Waals surface area contributed by atoms with Crippen LogP contribution >= 0.6 is 0 Å². The molecule has 1 aliphatic rings. The van der Waals surface area contributed by atoms with Gasteiger partial charge in [-0.05, 0) is 44.5 Å². The van der Waals surface area contributed by atoms with Crippen molar-refractivity contribution in [3.63, 3.8) is 0 Å². The Balaban J connectivity index is 1.65. The van der Waals surface area contributed by atoms with Crippen LogP contribution in [0.2, 0.25) is 0 Å². The summed E-state index contributed by atoms with van der Waals surface area (Å²) in [4.78, 5) is 15.3. The maximum atomic E-state index is 11.4. The number of esters is 1. The van der Waals surface area contributed by atoms with Crippen LogP contribution in [0.25, 0.3) is 0 Å². The summed E-state index contributed by atoms with van der Waals surface area (Å²) < 4.78 is 10.5. The molecule has 1 aliphatic heterocycles. The first-order chi connectivity index (χ1) is 10.3. The quantitative estimate of drug-likeness (QED) is 0.585. The Hall–Kier alpha value is -1.66. The number of hydrogen-bond donors (Lipinski definition) is 2. The standard InChI is InChI=1S/C15H23N3O3/c1-20-15(19)14-11-12(3-9-18-14)17-6-2-10-21-13-4-7-16-8-5-13/h3,9,11,13,16H,2,4-8,10H2,1H3,(H,17,18). The van der Waals surface area contributed by atoms with Gasteiger partial charge in [0.05, 0.1) is 13.2 Å². The molecule has 21 heavy (non-hydrogen) atoms. The number of anilines is 1. The van der Waals surface area contributed by atoms with Crippen LogP contribution in [0.3, 0.4) is 0 Å². The number of ether oxygens (including phenoxy) is 2. The molecule has 0 unspecified atom stereocenters. The summed E-state index contributed by atoms with van der Waals surface area (Å²) >= 11 is 0. The van der Waals surface area contributed by atoms with Gasteiger partial charge in [-0.3, -0.25) is 0 Å². The van der Waals surface area contributed by atoms with Crippen molar-refractivity contribution < 1.29 is 14.3 Å². The zero-order valence-electron chi connectivity index (χ0n) is 12.4. The number of carbonyl (C=O) groups excluding carboxylic acids is 1. The van der Waals surface area contributed by atoms with Crippen LogP contribution in [-0.4, -0.2) is 50.4 Å². The average molecular weight is 293 g/mol. The van der Waals surface area contributed by atoms with Gasteiger partial charge in [-0.25, -0.2) is 9.78 Å². The van der Waals surface area contributed by atoms with Crippen molar-refractivity contribution in [1.82, 2.24) is 10.3 Å². The smallest absolute Gasteiger partial charge is 0.356 e. The van der Waals surface area contributed by atoms with E-state index in [1.54, 1.807) is 12.3 Å². The van der Waals surface area contributed by atoms with Crippen LogP contribution < -0.4 is 10.6 Å². The van der Waals surface area contributed by atoms with E-state index in [0.717, 1.165) is 51.2 Å². The van der Waals surface area contributed by atoms with Gasteiger partial charge in [0.2, 0.25) is 0 Å². The number of aromatic nitrogens is 1. The van der Waals surface area contributed by atoms with E-state index in [4.69, 9.17) is 4.74 Å². The minimum absolute atomic E-state index is 0.313. The molecule has 2 heterocycles. The minimum Gasteiger partial charge on any atom is -0.464 e. The molecule has 2 N–H and O–H groups in total. The van der Waals surface area contributed by atoms with Gasteiger partial charge < -0.3 is 20.1 Å². The number of pyridine rings is 1. The lowest BCUT2D eigenvalue weighted by Crippen LogP contribution is -2.32. The second-order valence-corrected chi connectivity index (χ2v) is 5.02. The fourth-order valence-corrected chi connectivity index (χ4v) is 2.27. The maximum absolute atomic E-state index is 11.4. The number of hydrogen-bond acceptors (Lipinski definition) is 6. The monoisotopic (exact) mass is 293 g/mol. The van der Waals surface area contributed by atoms with Crippen molar-refractivity contribution >= 4 is 11.7 Å². The molecule has 0 bridgehead atoms. The number of carbonyl (C=O) groups is 1. The number of nitrogens with one attached hydrogen (secondary N) is 2. The Bertz CT molecular complexity index is 448. The Labute approximate surface area is 125 Å². The molecule has 1 saturated heterocycles. The van der Waals surface area contributed by atoms with Crippen molar-refractivity contribution in [2.75, 3.05) is 38.7 Å². The molecule has 1 aromatic rings. The lowest BCUT2D eigenvalue weighted by Gasteiger charge is -2.22. The van der Waals surface area contributed by atoms with E-state index in [1.165, 1.54) is 7.11 Å². The first kappa shape index (κ1) is 15.7. The van der Waals surface area contributed by atoms with Crippen LogP contribution in [0.5, 0.6) is 0 Å². The Morgan fingerprint density at radius 1 is 1.48 bits per heavy atom. The Morgan fingerprint density at radius 2 is 2.29 bits per heavy atom. The second kappa shape index (κ2) is 8.59. The topological polar surface area (TPSA) is 72.5 Å². The molecular formula is C15H23N3O3. The third kappa shape index (κ3) is 5.32. The molecule has 0 amide bonds. The minimum atomic E-state index is -0.423. The van der Waals surface area contributed by atoms with E-state index in [-0.39, 0.29) is 0 Å². The van der Waals surface area contributed by atoms with Gasteiger partial charge in [0.25, 0.3) is 0 Å². The molecule has 6 heteroatoms. The summed E-state index contributed by atoms with van der Waals surface area (Å²) in [5, 5.41) is 6.58. The van der Waals surface area contributed by atoms with Crippen LogP contribution in [0.15, 0.2) is 18.3 Å². The Kier molecular flexibility index (Phi) is 6.43. The van der Waals surface area contributed by atoms with Gasteiger partial charge in [-0.1, -0.05) is 0 Å². The molecule has 0 aliphatic carbocycles. The third-order valence-electron chi connectivity index (χ3n) is 3.44. The lowest BCUT2D eigenvalue weighted by molar-refractivity contribution is 0.0329.